The second kappa shape index (κ2) is 6.89. The molecule has 0 aliphatic carbocycles. The van der Waals surface area contributed by atoms with Crippen molar-refractivity contribution in [1.82, 2.24) is 0 Å². The minimum Gasteiger partial charge on any atom is -0.493 e. The molecule has 6 heteroatoms. The third-order valence-corrected chi connectivity index (χ3v) is 2.98. The monoisotopic (exact) mass is 308 g/mol. The highest BCUT2D eigenvalue weighted by molar-refractivity contribution is 5.90. The SMILES string of the molecule is COC(=O)c1ccc(OCc2cc(F)ccc2F)c(OC)c1. The lowest BCUT2D eigenvalue weighted by molar-refractivity contribution is 0.0600. The van der Waals surface area contributed by atoms with Crippen LogP contribution in [0.4, 0.5) is 8.78 Å². The second-order valence-electron chi connectivity index (χ2n) is 4.38. The summed E-state index contributed by atoms with van der Waals surface area (Å²) in [5, 5.41) is 0. The predicted molar refractivity (Wildman–Crippen MR) is 75.0 cm³/mol. The number of carbonyl (C=O) groups is 1. The van der Waals surface area contributed by atoms with Crippen LogP contribution >= 0.6 is 0 Å². The Balaban J connectivity index is 2.19. The first-order valence-electron chi connectivity index (χ1n) is 6.38. The van der Waals surface area contributed by atoms with Gasteiger partial charge in [0.25, 0.3) is 0 Å². The zero-order valence-corrected chi connectivity index (χ0v) is 12.1. The molecular weight excluding hydrogens is 294 g/mol. The molecule has 0 amide bonds. The van der Waals surface area contributed by atoms with Crippen molar-refractivity contribution in [3.05, 3.63) is 59.2 Å². The van der Waals surface area contributed by atoms with Gasteiger partial charge in [0.2, 0.25) is 0 Å². The van der Waals surface area contributed by atoms with Crippen LogP contribution in [-0.2, 0) is 11.3 Å². The van der Waals surface area contributed by atoms with Gasteiger partial charge in [-0.1, -0.05) is 0 Å². The number of rotatable bonds is 5. The lowest BCUT2D eigenvalue weighted by atomic mass is 10.2. The Bertz CT molecular complexity index is 686. The number of hydrogen-bond acceptors (Lipinski definition) is 4. The first-order chi connectivity index (χ1) is 10.5. The molecule has 0 saturated heterocycles. The first-order valence-corrected chi connectivity index (χ1v) is 6.38. The average molecular weight is 308 g/mol. The summed E-state index contributed by atoms with van der Waals surface area (Å²) in [6.07, 6.45) is 0. The van der Waals surface area contributed by atoms with Crippen LogP contribution in [-0.4, -0.2) is 20.2 Å². The molecular formula is C16H14F2O4. The van der Waals surface area contributed by atoms with Gasteiger partial charge < -0.3 is 14.2 Å². The van der Waals surface area contributed by atoms with E-state index < -0.39 is 17.6 Å². The molecule has 22 heavy (non-hydrogen) atoms. The Morgan fingerprint density at radius 1 is 1.05 bits per heavy atom. The van der Waals surface area contributed by atoms with E-state index >= 15 is 0 Å². The van der Waals surface area contributed by atoms with E-state index in [1.165, 1.54) is 32.4 Å². The molecule has 0 aromatic heterocycles. The third kappa shape index (κ3) is 3.52. The van der Waals surface area contributed by atoms with Crippen LogP contribution in [0.2, 0.25) is 0 Å². The number of halogens is 2. The highest BCUT2D eigenvalue weighted by atomic mass is 19.1. The molecule has 4 nitrogen and oxygen atoms in total. The summed E-state index contributed by atoms with van der Waals surface area (Å²) in [5.74, 6) is -1.03. The molecule has 0 saturated carbocycles. The number of carbonyl (C=O) groups excluding carboxylic acids is 1. The van der Waals surface area contributed by atoms with E-state index in [1.807, 2.05) is 0 Å². The number of esters is 1. The van der Waals surface area contributed by atoms with Crippen molar-refractivity contribution >= 4 is 5.97 Å². The molecule has 2 aromatic rings. The van der Waals surface area contributed by atoms with E-state index in [-0.39, 0.29) is 12.2 Å². The van der Waals surface area contributed by atoms with Gasteiger partial charge in [-0.05, 0) is 36.4 Å². The maximum absolute atomic E-state index is 13.5. The Morgan fingerprint density at radius 2 is 1.82 bits per heavy atom. The molecule has 0 atom stereocenters. The summed E-state index contributed by atoms with van der Waals surface area (Å²) >= 11 is 0. The van der Waals surface area contributed by atoms with Gasteiger partial charge in [-0.2, -0.15) is 0 Å². The Hall–Kier alpha value is -2.63. The summed E-state index contributed by atoms with van der Waals surface area (Å²) in [6.45, 7) is -0.169. The molecule has 0 bridgehead atoms. The third-order valence-electron chi connectivity index (χ3n) is 2.98. The smallest absolute Gasteiger partial charge is 0.337 e. The zero-order chi connectivity index (χ0) is 16.1. The Labute approximate surface area is 126 Å². The minimum atomic E-state index is -0.563. The lowest BCUT2D eigenvalue weighted by Crippen LogP contribution is -2.04. The topological polar surface area (TPSA) is 44.8 Å². The highest BCUT2D eigenvalue weighted by Gasteiger charge is 2.12. The Kier molecular flexibility index (Phi) is 4.93. The van der Waals surface area contributed by atoms with Crippen LogP contribution in [0.1, 0.15) is 15.9 Å². The molecule has 0 radical (unpaired) electrons. The minimum absolute atomic E-state index is 0.0825. The van der Waals surface area contributed by atoms with Crippen LogP contribution in [0.15, 0.2) is 36.4 Å². The molecule has 0 spiro atoms. The van der Waals surface area contributed by atoms with Crippen LogP contribution < -0.4 is 9.47 Å². The van der Waals surface area contributed by atoms with E-state index in [4.69, 9.17) is 9.47 Å². The van der Waals surface area contributed by atoms with Gasteiger partial charge >= 0.3 is 5.97 Å². The fourth-order valence-corrected chi connectivity index (χ4v) is 1.84. The summed E-state index contributed by atoms with van der Waals surface area (Å²) in [7, 11) is 2.68. The fourth-order valence-electron chi connectivity index (χ4n) is 1.84. The van der Waals surface area contributed by atoms with Crippen molar-refractivity contribution in [1.29, 1.82) is 0 Å². The summed E-state index contributed by atoms with van der Waals surface area (Å²) in [6, 6.07) is 7.57. The summed E-state index contributed by atoms with van der Waals surface area (Å²) in [4.78, 5) is 11.4. The number of hydrogen-bond donors (Lipinski definition) is 0. The summed E-state index contributed by atoms with van der Waals surface area (Å²) in [5.41, 5.74) is 0.378. The van der Waals surface area contributed by atoms with Crippen molar-refractivity contribution in [3.63, 3.8) is 0 Å². The van der Waals surface area contributed by atoms with Crippen molar-refractivity contribution < 1.29 is 27.8 Å². The predicted octanol–water partition coefficient (Wildman–Crippen LogP) is 3.34. The van der Waals surface area contributed by atoms with E-state index in [0.29, 0.717) is 17.1 Å². The molecule has 116 valence electrons. The maximum Gasteiger partial charge on any atom is 0.337 e. The van der Waals surface area contributed by atoms with Crippen LogP contribution in [0.25, 0.3) is 0 Å². The van der Waals surface area contributed by atoms with Crippen molar-refractivity contribution in [2.24, 2.45) is 0 Å². The fraction of sp³-hybridized carbons (Fsp3) is 0.188. The quantitative estimate of drug-likeness (QED) is 0.795. The van der Waals surface area contributed by atoms with Crippen molar-refractivity contribution in [2.75, 3.05) is 14.2 Å². The van der Waals surface area contributed by atoms with Gasteiger partial charge in [-0.15, -0.1) is 0 Å². The largest absolute Gasteiger partial charge is 0.493 e. The van der Waals surface area contributed by atoms with Gasteiger partial charge in [-0.3, -0.25) is 0 Å². The molecule has 0 heterocycles. The van der Waals surface area contributed by atoms with Gasteiger partial charge in [0, 0.05) is 5.56 Å². The number of methoxy groups -OCH3 is 2. The highest BCUT2D eigenvalue weighted by Crippen LogP contribution is 2.29. The molecule has 0 aliphatic rings. The van der Waals surface area contributed by atoms with E-state index in [9.17, 15) is 13.6 Å². The zero-order valence-electron chi connectivity index (χ0n) is 12.1. The van der Waals surface area contributed by atoms with Gasteiger partial charge in [-0.25, -0.2) is 13.6 Å². The van der Waals surface area contributed by atoms with E-state index in [2.05, 4.69) is 4.74 Å². The van der Waals surface area contributed by atoms with E-state index in [1.54, 1.807) is 0 Å². The van der Waals surface area contributed by atoms with E-state index in [0.717, 1.165) is 18.2 Å². The lowest BCUT2D eigenvalue weighted by Gasteiger charge is -2.12. The molecule has 2 rings (SSSR count). The Morgan fingerprint density at radius 3 is 2.50 bits per heavy atom. The van der Waals surface area contributed by atoms with Gasteiger partial charge in [0.15, 0.2) is 11.5 Å². The maximum atomic E-state index is 13.5. The van der Waals surface area contributed by atoms with Crippen LogP contribution in [0, 0.1) is 11.6 Å². The molecule has 0 aliphatic heterocycles. The van der Waals surface area contributed by atoms with Crippen molar-refractivity contribution in [2.45, 2.75) is 6.61 Å². The number of ether oxygens (including phenoxy) is 3. The second-order valence-corrected chi connectivity index (χ2v) is 4.38. The molecule has 0 N–H and O–H groups in total. The number of benzene rings is 2. The standard InChI is InChI=1S/C16H14F2O4/c1-20-15-8-10(16(19)21-2)3-6-14(15)22-9-11-7-12(17)4-5-13(11)18/h3-8H,9H2,1-2H3. The van der Waals surface area contributed by atoms with Crippen LogP contribution in [0.5, 0.6) is 11.5 Å². The van der Waals surface area contributed by atoms with Gasteiger partial charge in [0.05, 0.1) is 19.8 Å². The van der Waals surface area contributed by atoms with Crippen molar-refractivity contribution in [3.8, 4) is 11.5 Å². The molecule has 0 fully saturated rings. The first kappa shape index (κ1) is 15.8. The molecule has 2 aromatic carbocycles. The molecule has 0 unspecified atom stereocenters. The normalized spacial score (nSPS) is 10.2. The van der Waals surface area contributed by atoms with Gasteiger partial charge in [0.1, 0.15) is 18.2 Å². The van der Waals surface area contributed by atoms with Crippen LogP contribution in [0.3, 0.4) is 0 Å². The summed E-state index contributed by atoms with van der Waals surface area (Å²) < 4.78 is 41.8. The average Bonchev–Trinajstić information content (AvgIpc) is 2.54.